The average molecular weight is 290 g/mol. The quantitative estimate of drug-likeness (QED) is 0.737. The smallest absolute Gasteiger partial charge is 0.328 e. The molecule has 0 radical (unpaired) electrons. The summed E-state index contributed by atoms with van der Waals surface area (Å²) in [6.45, 7) is 5.60. The molecule has 1 aromatic rings. The summed E-state index contributed by atoms with van der Waals surface area (Å²) >= 11 is 0. The molecule has 0 saturated carbocycles. The molecule has 0 spiro atoms. The maximum absolute atomic E-state index is 12.0. The molecule has 0 heterocycles. The van der Waals surface area contributed by atoms with Crippen LogP contribution in [0.25, 0.3) is 0 Å². The first kappa shape index (κ1) is 16.4. The standard InChI is InChI=1S/C15H18N2O4/c1-15(2,3)17-14(21)10-5-4-6-11(9-10)16-12(18)7-8-13(19)20/h4-9H,1-3H3,(H,16,18)(H,17,21)(H,19,20)/b8-7+. The Hall–Kier alpha value is -2.63. The molecule has 0 aliphatic rings. The van der Waals surface area contributed by atoms with Gasteiger partial charge in [0.1, 0.15) is 0 Å². The van der Waals surface area contributed by atoms with Crippen molar-refractivity contribution in [1.29, 1.82) is 0 Å². The van der Waals surface area contributed by atoms with Gasteiger partial charge in [-0.15, -0.1) is 0 Å². The number of hydrogen-bond acceptors (Lipinski definition) is 3. The van der Waals surface area contributed by atoms with Gasteiger partial charge in [-0.1, -0.05) is 6.07 Å². The zero-order valence-corrected chi connectivity index (χ0v) is 12.1. The van der Waals surface area contributed by atoms with E-state index in [0.29, 0.717) is 11.3 Å². The summed E-state index contributed by atoms with van der Waals surface area (Å²) in [5.74, 6) is -2.03. The van der Waals surface area contributed by atoms with Crippen molar-refractivity contribution in [3.8, 4) is 0 Å². The van der Waals surface area contributed by atoms with Crippen molar-refractivity contribution < 1.29 is 19.5 Å². The highest BCUT2D eigenvalue weighted by atomic mass is 16.4. The number of hydrogen-bond donors (Lipinski definition) is 3. The van der Waals surface area contributed by atoms with Crippen LogP contribution >= 0.6 is 0 Å². The molecule has 3 N–H and O–H groups in total. The molecule has 2 amide bonds. The van der Waals surface area contributed by atoms with Crippen LogP contribution < -0.4 is 10.6 Å². The molecule has 0 aromatic heterocycles. The Morgan fingerprint density at radius 1 is 1.14 bits per heavy atom. The molecule has 6 nitrogen and oxygen atoms in total. The molecular formula is C15H18N2O4. The normalized spacial score (nSPS) is 11.2. The number of benzene rings is 1. The molecule has 0 aliphatic carbocycles. The Morgan fingerprint density at radius 3 is 2.38 bits per heavy atom. The van der Waals surface area contributed by atoms with Crippen LogP contribution in [0, 0.1) is 0 Å². The zero-order valence-electron chi connectivity index (χ0n) is 12.1. The van der Waals surface area contributed by atoms with Gasteiger partial charge in [-0.3, -0.25) is 9.59 Å². The van der Waals surface area contributed by atoms with Crippen LogP contribution in [0.1, 0.15) is 31.1 Å². The second kappa shape index (κ2) is 6.69. The molecule has 1 rings (SSSR count). The van der Waals surface area contributed by atoms with Gasteiger partial charge in [0.2, 0.25) is 5.91 Å². The van der Waals surface area contributed by atoms with Crippen molar-refractivity contribution in [2.45, 2.75) is 26.3 Å². The van der Waals surface area contributed by atoms with Gasteiger partial charge < -0.3 is 15.7 Å². The number of rotatable bonds is 4. The topological polar surface area (TPSA) is 95.5 Å². The minimum atomic E-state index is -1.21. The maximum Gasteiger partial charge on any atom is 0.328 e. The minimum Gasteiger partial charge on any atom is -0.478 e. The Kier molecular flexibility index (Phi) is 5.24. The average Bonchev–Trinajstić information content (AvgIpc) is 2.34. The fourth-order valence-electron chi connectivity index (χ4n) is 1.48. The predicted octanol–water partition coefficient (Wildman–Crippen LogP) is 1.79. The fourth-order valence-corrected chi connectivity index (χ4v) is 1.48. The van der Waals surface area contributed by atoms with Crippen LogP contribution in [0.2, 0.25) is 0 Å². The molecule has 0 fully saturated rings. The van der Waals surface area contributed by atoms with Crippen LogP contribution in [0.3, 0.4) is 0 Å². The molecule has 0 bridgehead atoms. The molecule has 0 unspecified atom stereocenters. The highest BCUT2D eigenvalue weighted by Crippen LogP contribution is 2.12. The van der Waals surface area contributed by atoms with Crippen LogP contribution in [-0.4, -0.2) is 28.4 Å². The number of amides is 2. The Labute approximate surface area is 122 Å². The third-order valence-electron chi connectivity index (χ3n) is 2.26. The second-order valence-corrected chi connectivity index (χ2v) is 5.45. The van der Waals surface area contributed by atoms with Crippen LogP contribution in [0.5, 0.6) is 0 Å². The van der Waals surface area contributed by atoms with E-state index >= 15 is 0 Å². The van der Waals surface area contributed by atoms with E-state index in [1.54, 1.807) is 18.2 Å². The van der Waals surface area contributed by atoms with Gasteiger partial charge >= 0.3 is 5.97 Å². The summed E-state index contributed by atoms with van der Waals surface area (Å²) in [6, 6.07) is 6.39. The van der Waals surface area contributed by atoms with Crippen molar-refractivity contribution in [2.24, 2.45) is 0 Å². The highest BCUT2D eigenvalue weighted by molar-refractivity contribution is 6.03. The van der Waals surface area contributed by atoms with Crippen LogP contribution in [0.4, 0.5) is 5.69 Å². The molecule has 21 heavy (non-hydrogen) atoms. The first-order valence-electron chi connectivity index (χ1n) is 6.32. The molecular weight excluding hydrogens is 272 g/mol. The summed E-state index contributed by atoms with van der Waals surface area (Å²) in [4.78, 5) is 33.8. The lowest BCUT2D eigenvalue weighted by Gasteiger charge is -2.20. The van der Waals surface area contributed by atoms with E-state index in [1.165, 1.54) is 6.07 Å². The van der Waals surface area contributed by atoms with E-state index in [4.69, 9.17) is 5.11 Å². The van der Waals surface area contributed by atoms with Crippen molar-refractivity contribution in [3.63, 3.8) is 0 Å². The van der Waals surface area contributed by atoms with Crippen LogP contribution in [-0.2, 0) is 9.59 Å². The third-order valence-corrected chi connectivity index (χ3v) is 2.26. The van der Waals surface area contributed by atoms with Crippen molar-refractivity contribution in [2.75, 3.05) is 5.32 Å². The molecule has 112 valence electrons. The molecule has 6 heteroatoms. The minimum absolute atomic E-state index is 0.250. The van der Waals surface area contributed by atoms with Gasteiger partial charge in [0, 0.05) is 28.9 Å². The lowest BCUT2D eigenvalue weighted by Crippen LogP contribution is -2.40. The molecule has 0 aliphatic heterocycles. The number of nitrogens with one attached hydrogen (secondary N) is 2. The fraction of sp³-hybridized carbons (Fsp3) is 0.267. The van der Waals surface area contributed by atoms with E-state index in [9.17, 15) is 14.4 Å². The highest BCUT2D eigenvalue weighted by Gasteiger charge is 2.15. The lowest BCUT2D eigenvalue weighted by molar-refractivity contribution is -0.131. The van der Waals surface area contributed by atoms with Gasteiger partial charge in [-0.25, -0.2) is 4.79 Å². The SMILES string of the molecule is CC(C)(C)NC(=O)c1cccc(NC(=O)/C=C/C(=O)O)c1. The van der Waals surface area contributed by atoms with E-state index < -0.39 is 11.9 Å². The van der Waals surface area contributed by atoms with E-state index in [0.717, 1.165) is 12.2 Å². The number of carbonyl (C=O) groups excluding carboxylic acids is 2. The number of anilines is 1. The van der Waals surface area contributed by atoms with E-state index in [2.05, 4.69) is 10.6 Å². The summed E-state index contributed by atoms with van der Waals surface area (Å²) in [6.07, 6.45) is 1.65. The number of carbonyl (C=O) groups is 3. The summed E-state index contributed by atoms with van der Waals surface area (Å²) in [5, 5.41) is 13.7. The zero-order chi connectivity index (χ0) is 16.0. The van der Waals surface area contributed by atoms with Crippen molar-refractivity contribution >= 4 is 23.5 Å². The van der Waals surface area contributed by atoms with E-state index in [-0.39, 0.29) is 11.4 Å². The number of carboxylic acid groups (broad SMARTS) is 1. The van der Waals surface area contributed by atoms with Gasteiger partial charge in [0.05, 0.1) is 0 Å². The largest absolute Gasteiger partial charge is 0.478 e. The number of aliphatic carboxylic acids is 1. The van der Waals surface area contributed by atoms with Gasteiger partial charge in [0.15, 0.2) is 0 Å². The number of carboxylic acids is 1. The Bertz CT molecular complexity index is 586. The second-order valence-electron chi connectivity index (χ2n) is 5.45. The molecule has 1 aromatic carbocycles. The Morgan fingerprint density at radius 2 is 1.81 bits per heavy atom. The van der Waals surface area contributed by atoms with Gasteiger partial charge in [0.25, 0.3) is 5.91 Å². The van der Waals surface area contributed by atoms with Gasteiger partial charge in [-0.2, -0.15) is 0 Å². The first-order chi connectivity index (χ1) is 9.67. The maximum atomic E-state index is 12.0. The Balaban J connectivity index is 2.79. The predicted molar refractivity (Wildman–Crippen MR) is 79.1 cm³/mol. The van der Waals surface area contributed by atoms with Crippen LogP contribution in [0.15, 0.2) is 36.4 Å². The lowest BCUT2D eigenvalue weighted by atomic mass is 10.1. The molecule has 0 atom stereocenters. The third kappa shape index (κ3) is 6.38. The first-order valence-corrected chi connectivity index (χ1v) is 6.32. The van der Waals surface area contributed by atoms with Crippen molar-refractivity contribution in [1.82, 2.24) is 5.32 Å². The summed E-state index contributed by atoms with van der Waals surface area (Å²) in [7, 11) is 0. The molecule has 0 saturated heterocycles. The van der Waals surface area contributed by atoms with Crippen molar-refractivity contribution in [3.05, 3.63) is 42.0 Å². The van der Waals surface area contributed by atoms with Gasteiger partial charge in [-0.05, 0) is 39.0 Å². The summed E-state index contributed by atoms with van der Waals surface area (Å²) in [5.41, 5.74) is 0.460. The summed E-state index contributed by atoms with van der Waals surface area (Å²) < 4.78 is 0. The monoisotopic (exact) mass is 290 g/mol. The van der Waals surface area contributed by atoms with E-state index in [1.807, 2.05) is 20.8 Å².